The maximum atomic E-state index is 11.8. The Hall–Kier alpha value is -0.520. The van der Waals surface area contributed by atoms with E-state index in [0.29, 0.717) is 0 Å². The highest BCUT2D eigenvalue weighted by atomic mass is 35.5. The molecule has 1 aliphatic heterocycles. The second-order valence-electron chi connectivity index (χ2n) is 5.02. The number of piperazine rings is 1. The van der Waals surface area contributed by atoms with Crippen LogP contribution in [0.25, 0.3) is 0 Å². The molecule has 1 fully saturated rings. The average molecular weight is 355 g/mol. The molecule has 1 amide bonds. The fourth-order valence-electron chi connectivity index (χ4n) is 2.31. The molecule has 1 atom stereocenters. The second kappa shape index (κ2) is 9.49. The van der Waals surface area contributed by atoms with E-state index in [-0.39, 0.29) is 30.7 Å². The summed E-state index contributed by atoms with van der Waals surface area (Å²) >= 11 is 5.98. The maximum Gasteiger partial charge on any atom is 0.239 e. The number of halogens is 3. The number of rotatable bonds is 3. The van der Waals surface area contributed by atoms with Crippen molar-refractivity contribution in [2.45, 2.75) is 19.5 Å². The van der Waals surface area contributed by atoms with Crippen molar-refractivity contribution in [2.75, 3.05) is 26.2 Å². The molecule has 2 N–H and O–H groups in total. The Kier molecular flexibility index (Phi) is 9.25. The molecule has 120 valence electrons. The van der Waals surface area contributed by atoms with Gasteiger partial charge in [-0.2, -0.15) is 0 Å². The monoisotopic (exact) mass is 353 g/mol. The average Bonchev–Trinajstić information content (AvgIpc) is 2.39. The van der Waals surface area contributed by atoms with E-state index in [1.54, 1.807) is 6.92 Å². The smallest absolute Gasteiger partial charge is 0.239 e. The highest BCUT2D eigenvalue weighted by Crippen LogP contribution is 2.14. The first-order valence-corrected chi connectivity index (χ1v) is 6.95. The summed E-state index contributed by atoms with van der Waals surface area (Å²) in [7, 11) is 0. The number of nitrogens with zero attached hydrogens (tertiary/aromatic N) is 2. The van der Waals surface area contributed by atoms with E-state index in [0.717, 1.165) is 37.7 Å². The molecule has 1 heterocycles. The summed E-state index contributed by atoms with van der Waals surface area (Å²) < 4.78 is 0. The van der Waals surface area contributed by atoms with Crippen LogP contribution in [0.4, 0.5) is 0 Å². The largest absolute Gasteiger partial charge is 0.339 e. The molecule has 2 rings (SSSR count). The van der Waals surface area contributed by atoms with Gasteiger partial charge in [-0.1, -0.05) is 23.7 Å². The minimum absolute atomic E-state index is 0. The number of hydrogen-bond donors (Lipinski definition) is 1. The summed E-state index contributed by atoms with van der Waals surface area (Å²) in [5.74, 6) is 0.0439. The Morgan fingerprint density at radius 2 is 1.90 bits per heavy atom. The zero-order valence-electron chi connectivity index (χ0n) is 12.0. The lowest BCUT2D eigenvalue weighted by molar-refractivity contribution is -0.134. The van der Waals surface area contributed by atoms with Gasteiger partial charge < -0.3 is 10.6 Å². The lowest BCUT2D eigenvalue weighted by Crippen LogP contribution is -2.52. The molecule has 1 saturated heterocycles. The molecule has 1 aromatic carbocycles. The Morgan fingerprint density at radius 3 is 2.43 bits per heavy atom. The molecule has 0 bridgehead atoms. The van der Waals surface area contributed by atoms with Gasteiger partial charge in [-0.15, -0.1) is 24.8 Å². The van der Waals surface area contributed by atoms with Crippen molar-refractivity contribution in [3.8, 4) is 0 Å². The Bertz CT molecular complexity index is 449. The minimum atomic E-state index is -0.403. The quantitative estimate of drug-likeness (QED) is 0.905. The number of carbonyl (C=O) groups is 1. The topological polar surface area (TPSA) is 49.6 Å². The van der Waals surface area contributed by atoms with E-state index in [9.17, 15) is 4.79 Å². The van der Waals surface area contributed by atoms with Crippen LogP contribution in [0.3, 0.4) is 0 Å². The zero-order valence-corrected chi connectivity index (χ0v) is 14.4. The van der Waals surface area contributed by atoms with Gasteiger partial charge in [-0.05, 0) is 24.6 Å². The van der Waals surface area contributed by atoms with Crippen LogP contribution in [0.15, 0.2) is 24.3 Å². The molecule has 4 nitrogen and oxygen atoms in total. The predicted molar refractivity (Wildman–Crippen MR) is 91.5 cm³/mol. The molecule has 0 aromatic heterocycles. The van der Waals surface area contributed by atoms with Gasteiger partial charge in [0, 0.05) is 37.7 Å². The van der Waals surface area contributed by atoms with Gasteiger partial charge in [0.2, 0.25) is 5.91 Å². The third-order valence-electron chi connectivity index (χ3n) is 3.37. The van der Waals surface area contributed by atoms with Crippen LogP contribution in [-0.4, -0.2) is 47.9 Å². The van der Waals surface area contributed by atoms with Gasteiger partial charge in [0.05, 0.1) is 6.04 Å². The number of hydrogen-bond acceptors (Lipinski definition) is 3. The highest BCUT2D eigenvalue weighted by Gasteiger charge is 2.22. The molecule has 1 aromatic rings. The van der Waals surface area contributed by atoms with Crippen LogP contribution in [0, 0.1) is 0 Å². The van der Waals surface area contributed by atoms with Gasteiger partial charge in [-0.3, -0.25) is 9.69 Å². The van der Waals surface area contributed by atoms with Gasteiger partial charge in [0.25, 0.3) is 0 Å². The molecule has 21 heavy (non-hydrogen) atoms. The van der Waals surface area contributed by atoms with E-state index in [1.165, 1.54) is 5.56 Å². The molecule has 0 spiro atoms. The fourth-order valence-corrected chi connectivity index (χ4v) is 2.52. The van der Waals surface area contributed by atoms with Crippen molar-refractivity contribution in [1.29, 1.82) is 0 Å². The normalized spacial score (nSPS) is 16.6. The molecule has 0 saturated carbocycles. The molecular formula is C14H22Cl3N3O. The Labute approximate surface area is 143 Å². The molecule has 7 heteroatoms. The second-order valence-corrected chi connectivity index (χ2v) is 5.46. The summed E-state index contributed by atoms with van der Waals surface area (Å²) in [5.41, 5.74) is 6.83. The minimum Gasteiger partial charge on any atom is -0.339 e. The molecule has 0 radical (unpaired) electrons. The first kappa shape index (κ1) is 20.5. The standard InChI is InChI=1S/C14H20ClN3O.2ClH/c1-11(16)14(19)18-7-5-17(6-8-18)10-12-3-2-4-13(15)9-12;;/h2-4,9,11H,5-8,10,16H2,1H3;2*1H/t11-;;/m1../s1. The van der Waals surface area contributed by atoms with E-state index >= 15 is 0 Å². The van der Waals surface area contributed by atoms with Crippen molar-refractivity contribution in [3.05, 3.63) is 34.9 Å². The van der Waals surface area contributed by atoms with Crippen LogP contribution < -0.4 is 5.73 Å². The van der Waals surface area contributed by atoms with Gasteiger partial charge in [-0.25, -0.2) is 0 Å². The summed E-state index contributed by atoms with van der Waals surface area (Å²) in [5, 5.41) is 0.767. The van der Waals surface area contributed by atoms with Crippen molar-refractivity contribution >= 4 is 42.3 Å². The Balaban J connectivity index is 0.00000200. The van der Waals surface area contributed by atoms with Crippen LogP contribution >= 0.6 is 36.4 Å². The lowest BCUT2D eigenvalue weighted by atomic mass is 10.2. The molecule has 1 aliphatic rings. The van der Waals surface area contributed by atoms with E-state index in [4.69, 9.17) is 17.3 Å². The van der Waals surface area contributed by atoms with Gasteiger partial charge in [0.15, 0.2) is 0 Å². The predicted octanol–water partition coefficient (Wildman–Crippen LogP) is 2.18. The maximum absolute atomic E-state index is 11.8. The highest BCUT2D eigenvalue weighted by molar-refractivity contribution is 6.30. The third-order valence-corrected chi connectivity index (χ3v) is 3.60. The van der Waals surface area contributed by atoms with Gasteiger partial charge in [0.1, 0.15) is 0 Å². The summed E-state index contributed by atoms with van der Waals surface area (Å²) in [6.45, 7) is 5.87. The van der Waals surface area contributed by atoms with Crippen LogP contribution in [-0.2, 0) is 11.3 Å². The van der Waals surface area contributed by atoms with E-state index < -0.39 is 6.04 Å². The Morgan fingerprint density at radius 1 is 1.29 bits per heavy atom. The van der Waals surface area contributed by atoms with E-state index in [1.807, 2.05) is 23.1 Å². The van der Waals surface area contributed by atoms with Crippen molar-refractivity contribution in [3.63, 3.8) is 0 Å². The number of nitrogens with two attached hydrogens (primary N) is 1. The number of carbonyl (C=O) groups excluding carboxylic acids is 1. The zero-order chi connectivity index (χ0) is 13.8. The first-order chi connectivity index (χ1) is 9.06. The van der Waals surface area contributed by atoms with Crippen molar-refractivity contribution < 1.29 is 4.79 Å². The van der Waals surface area contributed by atoms with Gasteiger partial charge >= 0.3 is 0 Å². The first-order valence-electron chi connectivity index (χ1n) is 6.57. The summed E-state index contributed by atoms with van der Waals surface area (Å²) in [6.07, 6.45) is 0. The third kappa shape index (κ3) is 6.01. The number of amides is 1. The summed E-state index contributed by atoms with van der Waals surface area (Å²) in [4.78, 5) is 15.9. The van der Waals surface area contributed by atoms with Crippen LogP contribution in [0.1, 0.15) is 12.5 Å². The summed E-state index contributed by atoms with van der Waals surface area (Å²) in [6, 6.07) is 7.50. The molecular weight excluding hydrogens is 333 g/mol. The van der Waals surface area contributed by atoms with Crippen molar-refractivity contribution in [2.24, 2.45) is 5.73 Å². The van der Waals surface area contributed by atoms with Crippen LogP contribution in [0.5, 0.6) is 0 Å². The SMILES string of the molecule is C[C@@H](N)C(=O)N1CCN(Cc2cccc(Cl)c2)CC1.Cl.Cl. The fraction of sp³-hybridized carbons (Fsp3) is 0.500. The lowest BCUT2D eigenvalue weighted by Gasteiger charge is -2.35. The van der Waals surface area contributed by atoms with Crippen molar-refractivity contribution in [1.82, 2.24) is 9.80 Å². The van der Waals surface area contributed by atoms with Crippen LogP contribution in [0.2, 0.25) is 5.02 Å². The molecule has 0 unspecified atom stereocenters. The van der Waals surface area contributed by atoms with E-state index in [2.05, 4.69) is 11.0 Å². The number of benzene rings is 1. The molecule has 0 aliphatic carbocycles.